The van der Waals surface area contributed by atoms with Crippen LogP contribution in [-0.2, 0) is 11.3 Å². The Hall–Kier alpha value is -4.47. The van der Waals surface area contributed by atoms with Crippen molar-refractivity contribution >= 4 is 40.0 Å². The van der Waals surface area contributed by atoms with Gasteiger partial charge in [0.1, 0.15) is 35.5 Å². The van der Waals surface area contributed by atoms with E-state index in [1.165, 1.54) is 18.5 Å². The Balaban J connectivity index is 1.35. The highest BCUT2D eigenvalue weighted by Gasteiger charge is 2.17. The summed E-state index contributed by atoms with van der Waals surface area (Å²) < 4.78 is 25.6. The maximum atomic E-state index is 14.0. The lowest BCUT2D eigenvalue weighted by atomic mass is 10.1. The lowest BCUT2D eigenvalue weighted by Crippen LogP contribution is -2.35. The van der Waals surface area contributed by atoms with E-state index >= 15 is 0 Å². The molecule has 0 bridgehead atoms. The SMILES string of the molecule is CCCC(NCc1ccc(-c2ccc3ncnc(Nc4ccc(Oc5ccccc5F)c(Cl)c4)c3c2)o1)C(=O)O. The van der Waals surface area contributed by atoms with Crippen LogP contribution in [-0.4, -0.2) is 27.1 Å². The van der Waals surface area contributed by atoms with Crippen molar-refractivity contribution in [2.75, 3.05) is 5.32 Å². The molecule has 0 aliphatic heterocycles. The molecule has 10 heteroatoms. The van der Waals surface area contributed by atoms with Crippen molar-refractivity contribution in [2.24, 2.45) is 0 Å². The Bertz CT molecular complexity index is 1660. The third-order valence-electron chi connectivity index (χ3n) is 6.23. The minimum atomic E-state index is -0.878. The number of fused-ring (bicyclic) bond motifs is 1. The van der Waals surface area contributed by atoms with Gasteiger partial charge in [0.2, 0.25) is 0 Å². The van der Waals surface area contributed by atoms with Crippen molar-refractivity contribution in [1.29, 1.82) is 0 Å². The van der Waals surface area contributed by atoms with E-state index < -0.39 is 17.8 Å². The first kappa shape index (κ1) is 27.1. The molecule has 0 aliphatic carbocycles. The molecule has 5 aromatic rings. The zero-order chi connectivity index (χ0) is 28.1. The van der Waals surface area contributed by atoms with Gasteiger partial charge >= 0.3 is 5.97 Å². The molecular formula is C30H26ClFN4O4. The van der Waals surface area contributed by atoms with Gasteiger partial charge in [-0.2, -0.15) is 0 Å². The van der Waals surface area contributed by atoms with Gasteiger partial charge in [-0.25, -0.2) is 14.4 Å². The molecule has 204 valence electrons. The summed E-state index contributed by atoms with van der Waals surface area (Å²) >= 11 is 6.43. The van der Waals surface area contributed by atoms with Crippen molar-refractivity contribution in [3.05, 3.63) is 95.7 Å². The van der Waals surface area contributed by atoms with E-state index in [0.717, 1.165) is 22.9 Å². The van der Waals surface area contributed by atoms with Gasteiger partial charge in [-0.05, 0) is 67.1 Å². The molecule has 0 saturated heterocycles. The third kappa shape index (κ3) is 6.22. The summed E-state index contributed by atoms with van der Waals surface area (Å²) in [7, 11) is 0. The van der Waals surface area contributed by atoms with Crippen LogP contribution in [0.2, 0.25) is 5.02 Å². The minimum absolute atomic E-state index is 0.0824. The monoisotopic (exact) mass is 560 g/mol. The average Bonchev–Trinajstić information content (AvgIpc) is 3.42. The maximum absolute atomic E-state index is 14.0. The van der Waals surface area contributed by atoms with Crippen molar-refractivity contribution in [1.82, 2.24) is 15.3 Å². The number of furan rings is 1. The highest BCUT2D eigenvalue weighted by Crippen LogP contribution is 2.35. The number of halogens is 2. The predicted octanol–water partition coefficient (Wildman–Crippen LogP) is 7.56. The molecule has 0 amide bonds. The summed E-state index contributed by atoms with van der Waals surface area (Å²) in [5.41, 5.74) is 2.19. The molecule has 1 atom stereocenters. The van der Waals surface area contributed by atoms with Crippen molar-refractivity contribution in [2.45, 2.75) is 32.4 Å². The number of benzene rings is 3. The summed E-state index contributed by atoms with van der Waals surface area (Å²) in [6.07, 6.45) is 2.77. The molecule has 3 N–H and O–H groups in total. The standard InChI is InChI=1S/C30H26ClFN4O4/c1-2-5-25(30(37)38)33-16-20-10-13-26(39-20)18-8-11-24-21(14-18)29(35-17-34-24)36-19-9-12-27(22(31)15-19)40-28-7-4-3-6-23(28)32/h3-4,6-15,17,25,33H,2,5,16H2,1H3,(H,37,38)(H,34,35,36). The number of nitrogens with one attached hydrogen (secondary N) is 2. The fourth-order valence-electron chi connectivity index (χ4n) is 4.21. The summed E-state index contributed by atoms with van der Waals surface area (Å²) in [5.74, 6) is 0.865. The van der Waals surface area contributed by atoms with E-state index in [1.807, 2.05) is 37.3 Å². The number of carbonyl (C=O) groups is 1. The van der Waals surface area contributed by atoms with Crippen LogP contribution in [0.15, 0.2) is 83.5 Å². The number of carboxylic acids is 1. The first-order chi connectivity index (χ1) is 19.4. The van der Waals surface area contributed by atoms with Crippen molar-refractivity contribution in [3.8, 4) is 22.8 Å². The largest absolute Gasteiger partial charge is 0.480 e. The molecule has 2 aromatic heterocycles. The van der Waals surface area contributed by atoms with Gasteiger partial charge in [0.25, 0.3) is 0 Å². The molecular weight excluding hydrogens is 535 g/mol. The van der Waals surface area contributed by atoms with E-state index in [1.54, 1.807) is 30.3 Å². The summed E-state index contributed by atoms with van der Waals surface area (Å²) in [4.78, 5) is 20.2. The minimum Gasteiger partial charge on any atom is -0.480 e. The van der Waals surface area contributed by atoms with Crippen LogP contribution in [0.3, 0.4) is 0 Å². The molecule has 8 nitrogen and oxygen atoms in total. The number of hydrogen-bond acceptors (Lipinski definition) is 7. The Morgan fingerprint density at radius 1 is 1.07 bits per heavy atom. The molecule has 5 rings (SSSR count). The van der Waals surface area contributed by atoms with Gasteiger partial charge in [0.05, 0.1) is 17.1 Å². The van der Waals surface area contributed by atoms with Gasteiger partial charge in [0.15, 0.2) is 11.6 Å². The second-order valence-corrected chi connectivity index (χ2v) is 9.49. The Kier molecular flexibility index (Phi) is 8.23. The number of rotatable bonds is 11. The van der Waals surface area contributed by atoms with Crippen molar-refractivity contribution in [3.63, 3.8) is 0 Å². The number of ether oxygens (including phenoxy) is 1. The molecule has 0 radical (unpaired) electrons. The van der Waals surface area contributed by atoms with Gasteiger partial charge < -0.3 is 19.6 Å². The first-order valence-corrected chi connectivity index (χ1v) is 13.1. The Morgan fingerprint density at radius 3 is 2.70 bits per heavy atom. The van der Waals surface area contributed by atoms with Crippen LogP contribution < -0.4 is 15.4 Å². The highest BCUT2D eigenvalue weighted by atomic mass is 35.5. The summed E-state index contributed by atoms with van der Waals surface area (Å²) in [5, 5.41) is 16.7. The Labute approximate surface area is 234 Å². The maximum Gasteiger partial charge on any atom is 0.320 e. The smallest absolute Gasteiger partial charge is 0.320 e. The van der Waals surface area contributed by atoms with Crippen LogP contribution in [0.4, 0.5) is 15.9 Å². The molecule has 40 heavy (non-hydrogen) atoms. The third-order valence-corrected chi connectivity index (χ3v) is 6.53. The zero-order valence-electron chi connectivity index (χ0n) is 21.5. The lowest BCUT2D eigenvalue weighted by Gasteiger charge is -2.12. The average molecular weight is 561 g/mol. The highest BCUT2D eigenvalue weighted by molar-refractivity contribution is 6.32. The molecule has 0 fully saturated rings. The number of para-hydroxylation sites is 1. The predicted molar refractivity (Wildman–Crippen MR) is 152 cm³/mol. The summed E-state index contributed by atoms with van der Waals surface area (Å²) in [6.45, 7) is 2.25. The molecule has 0 aliphatic rings. The van der Waals surface area contributed by atoms with E-state index in [-0.39, 0.29) is 5.75 Å². The van der Waals surface area contributed by atoms with Crippen LogP contribution in [0, 0.1) is 5.82 Å². The van der Waals surface area contributed by atoms with Crippen LogP contribution in [0.25, 0.3) is 22.2 Å². The van der Waals surface area contributed by atoms with Crippen LogP contribution >= 0.6 is 11.6 Å². The van der Waals surface area contributed by atoms with Crippen molar-refractivity contribution < 1.29 is 23.4 Å². The molecule has 3 aromatic carbocycles. The fraction of sp³-hybridized carbons (Fsp3) is 0.167. The molecule has 0 saturated carbocycles. The molecule has 2 heterocycles. The quantitative estimate of drug-likeness (QED) is 0.152. The summed E-state index contributed by atoms with van der Waals surface area (Å²) in [6, 6.07) is 19.9. The van der Waals surface area contributed by atoms with Gasteiger partial charge in [-0.3, -0.25) is 10.1 Å². The van der Waals surface area contributed by atoms with Gasteiger partial charge in [-0.15, -0.1) is 0 Å². The van der Waals surface area contributed by atoms with E-state index in [4.69, 9.17) is 20.8 Å². The second-order valence-electron chi connectivity index (χ2n) is 9.08. The number of aromatic nitrogens is 2. The molecule has 1 unspecified atom stereocenters. The van der Waals surface area contributed by atoms with E-state index in [0.29, 0.717) is 46.8 Å². The fourth-order valence-corrected chi connectivity index (χ4v) is 4.43. The van der Waals surface area contributed by atoms with E-state index in [9.17, 15) is 14.3 Å². The first-order valence-electron chi connectivity index (χ1n) is 12.7. The topological polar surface area (TPSA) is 110 Å². The van der Waals surface area contributed by atoms with Crippen LogP contribution in [0.1, 0.15) is 25.5 Å². The number of anilines is 2. The normalized spacial score (nSPS) is 11.9. The zero-order valence-corrected chi connectivity index (χ0v) is 22.3. The number of aliphatic carboxylic acids is 1. The number of carboxylic acid groups (broad SMARTS) is 1. The van der Waals surface area contributed by atoms with E-state index in [2.05, 4.69) is 20.6 Å². The molecule has 0 spiro atoms. The number of hydrogen-bond donors (Lipinski definition) is 3. The van der Waals surface area contributed by atoms with Gasteiger partial charge in [-0.1, -0.05) is 37.1 Å². The second kappa shape index (κ2) is 12.1. The number of nitrogens with zero attached hydrogens (tertiary/aromatic N) is 2. The lowest BCUT2D eigenvalue weighted by molar-refractivity contribution is -0.139. The van der Waals surface area contributed by atoms with Crippen LogP contribution in [0.5, 0.6) is 11.5 Å². The van der Waals surface area contributed by atoms with Gasteiger partial charge in [0, 0.05) is 16.6 Å². The Morgan fingerprint density at radius 2 is 1.93 bits per heavy atom.